The van der Waals surface area contributed by atoms with E-state index in [1.54, 1.807) is 6.08 Å². The summed E-state index contributed by atoms with van der Waals surface area (Å²) in [5, 5.41) is 0. The lowest BCUT2D eigenvalue weighted by Crippen LogP contribution is -2.41. The van der Waals surface area contributed by atoms with E-state index < -0.39 is 5.41 Å². The minimum atomic E-state index is -0.929. The van der Waals surface area contributed by atoms with Gasteiger partial charge < -0.3 is 4.74 Å². The third kappa shape index (κ3) is 4.70. The van der Waals surface area contributed by atoms with Crippen molar-refractivity contribution in [1.29, 1.82) is 0 Å². The molecule has 2 unspecified atom stereocenters. The summed E-state index contributed by atoms with van der Waals surface area (Å²) in [7, 11) is 0. The van der Waals surface area contributed by atoms with Crippen LogP contribution in [0.4, 0.5) is 0 Å². The Morgan fingerprint density at radius 1 is 1.12 bits per heavy atom. The van der Waals surface area contributed by atoms with E-state index in [2.05, 4.69) is 26.7 Å². The molecule has 0 aliphatic rings. The molecule has 0 saturated carbocycles. The van der Waals surface area contributed by atoms with Gasteiger partial charge in [0.05, 0.1) is 6.26 Å². The largest absolute Gasteiger partial charge is 0.434 e. The molecule has 1 aromatic rings. The van der Waals surface area contributed by atoms with Crippen LogP contribution in [0, 0.1) is 5.92 Å². The molecule has 0 spiro atoms. The fraction of sp³-hybridized carbons (Fsp3) is 0.409. The van der Waals surface area contributed by atoms with Gasteiger partial charge in [0, 0.05) is 5.92 Å². The number of benzene rings is 1. The minimum absolute atomic E-state index is 0.0634. The monoisotopic (exact) mass is 326 g/mol. The highest BCUT2D eigenvalue weighted by Gasteiger charge is 2.44. The molecule has 1 rings (SSSR count). The zero-order chi connectivity index (χ0) is 17.8. The summed E-state index contributed by atoms with van der Waals surface area (Å²) in [6.07, 6.45) is 11.5. The van der Waals surface area contributed by atoms with Gasteiger partial charge in [0.25, 0.3) is 0 Å². The number of carbonyl (C=O) groups excluding carboxylic acids is 1. The Morgan fingerprint density at radius 2 is 1.79 bits per heavy atom. The number of unbranched alkanes of at least 4 members (excludes halogenated alkanes) is 4. The lowest BCUT2D eigenvalue weighted by atomic mass is 9.68. The maximum atomic E-state index is 12.8. The quantitative estimate of drug-likeness (QED) is 0.205. The van der Waals surface area contributed by atoms with Gasteiger partial charge in [-0.15, -0.1) is 13.2 Å². The van der Waals surface area contributed by atoms with Crippen molar-refractivity contribution in [3.8, 4) is 0 Å². The van der Waals surface area contributed by atoms with Crippen LogP contribution in [0.1, 0.15) is 51.0 Å². The molecule has 0 bridgehead atoms. The molecule has 130 valence electrons. The van der Waals surface area contributed by atoms with Gasteiger partial charge in [0.2, 0.25) is 0 Å². The Hall–Kier alpha value is -2.09. The molecule has 2 atom stereocenters. The molecule has 0 N–H and O–H groups in total. The number of esters is 1. The fourth-order valence-corrected chi connectivity index (χ4v) is 3.22. The first kappa shape index (κ1) is 20.0. The second kappa shape index (κ2) is 10.6. The smallest absolute Gasteiger partial charge is 0.325 e. The van der Waals surface area contributed by atoms with E-state index in [1.165, 1.54) is 25.5 Å². The Morgan fingerprint density at radius 3 is 2.33 bits per heavy atom. The first-order valence-corrected chi connectivity index (χ1v) is 8.81. The van der Waals surface area contributed by atoms with Crippen molar-refractivity contribution in [2.24, 2.45) is 5.92 Å². The summed E-state index contributed by atoms with van der Waals surface area (Å²) < 4.78 is 5.19. The maximum absolute atomic E-state index is 12.8. The van der Waals surface area contributed by atoms with Crippen LogP contribution in [0.2, 0.25) is 0 Å². The van der Waals surface area contributed by atoms with Crippen LogP contribution >= 0.6 is 0 Å². The summed E-state index contributed by atoms with van der Waals surface area (Å²) >= 11 is 0. The lowest BCUT2D eigenvalue weighted by Gasteiger charge is -2.34. The molecular formula is C22H30O2. The third-order valence-corrected chi connectivity index (χ3v) is 4.59. The van der Waals surface area contributed by atoms with Crippen LogP contribution in [-0.4, -0.2) is 5.97 Å². The molecule has 2 heteroatoms. The zero-order valence-corrected chi connectivity index (χ0v) is 14.9. The van der Waals surface area contributed by atoms with Crippen LogP contribution in [0.25, 0.3) is 0 Å². The van der Waals surface area contributed by atoms with E-state index in [9.17, 15) is 4.79 Å². The summed E-state index contributed by atoms with van der Waals surface area (Å²) in [4.78, 5) is 12.8. The molecular weight excluding hydrogens is 296 g/mol. The van der Waals surface area contributed by atoms with Gasteiger partial charge in [-0.2, -0.15) is 0 Å². The number of hydrogen-bond acceptors (Lipinski definition) is 2. The van der Waals surface area contributed by atoms with Crippen molar-refractivity contribution in [2.75, 3.05) is 0 Å². The van der Waals surface area contributed by atoms with E-state index in [0.29, 0.717) is 0 Å². The second-order valence-corrected chi connectivity index (χ2v) is 6.06. The fourth-order valence-electron chi connectivity index (χ4n) is 3.22. The van der Waals surface area contributed by atoms with Crippen LogP contribution in [-0.2, 0) is 14.9 Å². The summed E-state index contributed by atoms with van der Waals surface area (Å²) in [6.45, 7) is 13.7. The number of ether oxygens (including phenoxy) is 1. The molecule has 0 aliphatic heterocycles. The summed E-state index contributed by atoms with van der Waals surface area (Å²) in [6, 6.07) is 9.68. The van der Waals surface area contributed by atoms with Gasteiger partial charge in [0.15, 0.2) is 0 Å². The molecule has 0 saturated heterocycles. The summed E-state index contributed by atoms with van der Waals surface area (Å²) in [5.41, 5.74) is -0.0487. The molecule has 1 aromatic carbocycles. The molecule has 0 aromatic heterocycles. The number of carbonyl (C=O) groups is 1. The van der Waals surface area contributed by atoms with Crippen LogP contribution in [0.15, 0.2) is 68.5 Å². The Bertz CT molecular complexity index is 532. The molecule has 24 heavy (non-hydrogen) atoms. The average molecular weight is 326 g/mol. The van der Waals surface area contributed by atoms with Crippen molar-refractivity contribution in [3.05, 3.63) is 74.0 Å². The third-order valence-electron chi connectivity index (χ3n) is 4.59. The molecule has 0 radical (unpaired) electrons. The highest BCUT2D eigenvalue weighted by atomic mass is 16.5. The van der Waals surface area contributed by atoms with Crippen molar-refractivity contribution in [3.63, 3.8) is 0 Å². The number of allylic oxidation sites excluding steroid dienone is 1. The van der Waals surface area contributed by atoms with Gasteiger partial charge in [-0.25, -0.2) is 0 Å². The van der Waals surface area contributed by atoms with Crippen molar-refractivity contribution >= 4 is 5.97 Å². The Kier molecular flexibility index (Phi) is 8.85. The van der Waals surface area contributed by atoms with Gasteiger partial charge in [-0.05, 0) is 12.0 Å². The van der Waals surface area contributed by atoms with Crippen LogP contribution in [0.5, 0.6) is 0 Å². The minimum Gasteiger partial charge on any atom is -0.434 e. The van der Waals surface area contributed by atoms with Crippen LogP contribution in [0.3, 0.4) is 0 Å². The van der Waals surface area contributed by atoms with Crippen LogP contribution < -0.4 is 0 Å². The standard InChI is InChI=1S/C22H30O2/c1-5-9-10-11-13-16-19(6-2)22(7-3,21(23)24-8-4)20-17-14-12-15-18-20/h6-8,12,14-15,17-19H,2-5,9-11,13,16H2,1H3. The van der Waals surface area contributed by atoms with Gasteiger partial charge >= 0.3 is 5.97 Å². The topological polar surface area (TPSA) is 26.3 Å². The number of rotatable bonds is 12. The van der Waals surface area contributed by atoms with Crippen molar-refractivity contribution in [1.82, 2.24) is 0 Å². The Balaban J connectivity index is 3.09. The second-order valence-electron chi connectivity index (χ2n) is 6.06. The molecule has 0 amide bonds. The zero-order valence-electron chi connectivity index (χ0n) is 14.9. The molecule has 0 aliphatic carbocycles. The maximum Gasteiger partial charge on any atom is 0.325 e. The summed E-state index contributed by atoms with van der Waals surface area (Å²) in [5.74, 6) is -0.413. The predicted molar refractivity (Wildman–Crippen MR) is 102 cm³/mol. The van der Waals surface area contributed by atoms with Crippen molar-refractivity contribution < 1.29 is 9.53 Å². The molecule has 0 fully saturated rings. The van der Waals surface area contributed by atoms with E-state index in [0.717, 1.165) is 24.8 Å². The van der Waals surface area contributed by atoms with E-state index in [1.807, 2.05) is 36.4 Å². The van der Waals surface area contributed by atoms with Gasteiger partial charge in [0.1, 0.15) is 5.41 Å². The molecule has 2 nitrogen and oxygen atoms in total. The molecule has 0 heterocycles. The van der Waals surface area contributed by atoms with E-state index in [-0.39, 0.29) is 11.9 Å². The predicted octanol–water partition coefficient (Wildman–Crippen LogP) is 5.96. The normalized spacial score (nSPS) is 14.2. The highest BCUT2D eigenvalue weighted by molar-refractivity contribution is 5.87. The Labute approximate surface area is 146 Å². The lowest BCUT2D eigenvalue weighted by molar-refractivity contribution is -0.144. The van der Waals surface area contributed by atoms with Crippen molar-refractivity contribution in [2.45, 2.75) is 50.9 Å². The average Bonchev–Trinajstić information content (AvgIpc) is 2.62. The number of hydrogen-bond donors (Lipinski definition) is 0. The first-order chi connectivity index (χ1) is 11.7. The first-order valence-electron chi connectivity index (χ1n) is 8.81. The highest BCUT2D eigenvalue weighted by Crippen LogP contribution is 2.39. The SMILES string of the molecule is C=COC(=O)C(C=C)(c1ccccc1)C(C=C)CCCCCCC. The van der Waals surface area contributed by atoms with E-state index in [4.69, 9.17) is 4.74 Å². The van der Waals surface area contributed by atoms with Gasteiger partial charge in [-0.3, -0.25) is 4.79 Å². The van der Waals surface area contributed by atoms with Gasteiger partial charge in [-0.1, -0.05) is 88.1 Å². The van der Waals surface area contributed by atoms with E-state index >= 15 is 0 Å².